The normalized spacial score (nSPS) is 11.4. The highest BCUT2D eigenvalue weighted by molar-refractivity contribution is 7.89. The summed E-state index contributed by atoms with van der Waals surface area (Å²) in [6.45, 7) is 1.24. The fraction of sp³-hybridized carbons (Fsp3) is 0.176. The van der Waals surface area contributed by atoms with Crippen LogP contribution in [0.2, 0.25) is 10.0 Å². The van der Waals surface area contributed by atoms with Crippen molar-refractivity contribution in [1.82, 2.24) is 4.31 Å². The molecule has 0 fully saturated rings. The van der Waals surface area contributed by atoms with Crippen molar-refractivity contribution in [2.24, 2.45) is 5.73 Å². The molecule has 0 unspecified atom stereocenters. The fourth-order valence-corrected chi connectivity index (χ4v) is 4.40. The van der Waals surface area contributed by atoms with Gasteiger partial charge in [0, 0.05) is 22.8 Å². The summed E-state index contributed by atoms with van der Waals surface area (Å²) in [5.41, 5.74) is 5.85. The second kappa shape index (κ2) is 8.71. The molecule has 3 N–H and O–H groups in total. The monoisotopic (exact) mass is 429 g/mol. The van der Waals surface area contributed by atoms with Gasteiger partial charge in [0.1, 0.15) is 4.90 Å². The maximum Gasteiger partial charge on any atom is 0.248 e. The molecule has 10 heteroatoms. The summed E-state index contributed by atoms with van der Waals surface area (Å²) >= 11 is 11.9. The number of hydrogen-bond acceptors (Lipinski definition) is 4. The molecule has 0 spiro atoms. The lowest BCUT2D eigenvalue weighted by molar-refractivity contribution is -0.116. The van der Waals surface area contributed by atoms with Gasteiger partial charge in [0.05, 0.1) is 11.6 Å². The number of carbonyl (C=O) groups excluding carboxylic acids is 2. The molecule has 0 heterocycles. The van der Waals surface area contributed by atoms with Gasteiger partial charge in [-0.2, -0.15) is 4.31 Å². The van der Waals surface area contributed by atoms with Crippen LogP contribution >= 0.6 is 23.2 Å². The van der Waals surface area contributed by atoms with Crippen LogP contribution in [0.25, 0.3) is 0 Å². The Morgan fingerprint density at radius 2 is 1.74 bits per heavy atom. The van der Waals surface area contributed by atoms with Gasteiger partial charge in [0.15, 0.2) is 0 Å². The number of primary amides is 1. The topological polar surface area (TPSA) is 110 Å². The van der Waals surface area contributed by atoms with Gasteiger partial charge >= 0.3 is 0 Å². The molecule has 7 nitrogen and oxygen atoms in total. The number of hydrogen-bond donors (Lipinski definition) is 2. The zero-order valence-electron chi connectivity index (χ0n) is 14.3. The average Bonchev–Trinajstić information content (AvgIpc) is 2.61. The van der Waals surface area contributed by atoms with E-state index < -0.39 is 28.4 Å². The van der Waals surface area contributed by atoms with Crippen LogP contribution in [0.5, 0.6) is 0 Å². The van der Waals surface area contributed by atoms with Gasteiger partial charge in [0.2, 0.25) is 21.8 Å². The Labute approximate surface area is 167 Å². The summed E-state index contributed by atoms with van der Waals surface area (Å²) in [4.78, 5) is 23.1. The lowest BCUT2D eigenvalue weighted by Gasteiger charge is -2.21. The minimum Gasteiger partial charge on any atom is -0.366 e. The van der Waals surface area contributed by atoms with Gasteiger partial charge in [-0.15, -0.1) is 0 Å². The van der Waals surface area contributed by atoms with E-state index in [1.165, 1.54) is 42.5 Å². The van der Waals surface area contributed by atoms with Crippen molar-refractivity contribution in [2.45, 2.75) is 11.8 Å². The minimum absolute atomic E-state index is 0.0142. The number of amides is 2. The molecule has 2 aromatic rings. The molecule has 0 aliphatic carbocycles. The molecule has 2 rings (SSSR count). The summed E-state index contributed by atoms with van der Waals surface area (Å²) < 4.78 is 26.6. The van der Waals surface area contributed by atoms with Crippen molar-refractivity contribution < 1.29 is 18.0 Å². The molecule has 0 radical (unpaired) electrons. The predicted molar refractivity (Wildman–Crippen MR) is 104 cm³/mol. The third-order valence-corrected chi connectivity index (χ3v) is 6.27. The third-order valence-electron chi connectivity index (χ3n) is 3.64. The average molecular weight is 430 g/mol. The van der Waals surface area contributed by atoms with Crippen molar-refractivity contribution in [3.05, 3.63) is 58.1 Å². The van der Waals surface area contributed by atoms with Crippen LogP contribution < -0.4 is 11.1 Å². The third kappa shape index (κ3) is 5.20. The maximum atomic E-state index is 12.8. The number of sulfonamides is 1. The Morgan fingerprint density at radius 3 is 2.30 bits per heavy atom. The molecule has 0 aromatic heterocycles. The van der Waals surface area contributed by atoms with Crippen LogP contribution in [0.3, 0.4) is 0 Å². The van der Waals surface area contributed by atoms with E-state index >= 15 is 0 Å². The number of rotatable bonds is 7. The highest BCUT2D eigenvalue weighted by Crippen LogP contribution is 2.27. The minimum atomic E-state index is -4.01. The van der Waals surface area contributed by atoms with E-state index in [4.69, 9.17) is 28.9 Å². The first-order valence-electron chi connectivity index (χ1n) is 7.80. The fourth-order valence-electron chi connectivity index (χ4n) is 2.26. The van der Waals surface area contributed by atoms with Crippen LogP contribution in [-0.4, -0.2) is 37.6 Å². The predicted octanol–water partition coefficient (Wildman–Crippen LogP) is 2.74. The highest BCUT2D eigenvalue weighted by Gasteiger charge is 2.27. The van der Waals surface area contributed by atoms with Gasteiger partial charge in [-0.1, -0.05) is 30.1 Å². The SMILES string of the molecule is CCN(CC(=O)Nc1ccc(C(N)=O)cc1)S(=O)(=O)c1cc(Cl)ccc1Cl. The second-order valence-electron chi connectivity index (χ2n) is 5.50. The zero-order valence-corrected chi connectivity index (χ0v) is 16.6. The number of likely N-dealkylation sites (N-methyl/N-ethyl adjacent to an activating group) is 1. The molecule has 2 aromatic carbocycles. The van der Waals surface area contributed by atoms with Crippen molar-refractivity contribution in [3.8, 4) is 0 Å². The first-order chi connectivity index (χ1) is 12.6. The Bertz CT molecular complexity index is 963. The molecule has 0 bridgehead atoms. The van der Waals surface area contributed by atoms with Crippen molar-refractivity contribution in [1.29, 1.82) is 0 Å². The second-order valence-corrected chi connectivity index (χ2v) is 8.25. The van der Waals surface area contributed by atoms with E-state index in [2.05, 4.69) is 5.32 Å². The molecule has 0 atom stereocenters. The Kier molecular flexibility index (Phi) is 6.83. The Morgan fingerprint density at radius 1 is 1.11 bits per heavy atom. The van der Waals surface area contributed by atoms with E-state index in [0.29, 0.717) is 11.3 Å². The van der Waals surface area contributed by atoms with Crippen LogP contribution in [0, 0.1) is 0 Å². The van der Waals surface area contributed by atoms with Gasteiger partial charge in [-0.05, 0) is 42.5 Å². The number of halogens is 2. The molecule has 27 heavy (non-hydrogen) atoms. The summed E-state index contributed by atoms with van der Waals surface area (Å²) in [6, 6.07) is 10.00. The quantitative estimate of drug-likeness (QED) is 0.704. The maximum absolute atomic E-state index is 12.8. The largest absolute Gasteiger partial charge is 0.366 e. The van der Waals surface area contributed by atoms with Gasteiger partial charge in [0.25, 0.3) is 0 Å². The number of carbonyl (C=O) groups is 2. The summed E-state index contributed by atoms with van der Waals surface area (Å²) in [5.74, 6) is -1.14. The van der Waals surface area contributed by atoms with Crippen molar-refractivity contribution in [3.63, 3.8) is 0 Å². The standard InChI is InChI=1S/C17H17Cl2N3O4S/c1-2-22(27(25,26)15-9-12(18)5-8-14(15)19)10-16(23)21-13-6-3-11(4-7-13)17(20)24/h3-9H,2,10H2,1H3,(H2,20,24)(H,21,23). The molecule has 0 saturated heterocycles. The molecule has 144 valence electrons. The molecular weight excluding hydrogens is 413 g/mol. The number of nitrogens with zero attached hydrogens (tertiary/aromatic N) is 1. The Balaban J connectivity index is 2.16. The first-order valence-corrected chi connectivity index (χ1v) is 9.99. The lowest BCUT2D eigenvalue weighted by atomic mass is 10.2. The Hall–Kier alpha value is -2.13. The van der Waals surface area contributed by atoms with E-state index in [0.717, 1.165) is 4.31 Å². The van der Waals surface area contributed by atoms with Crippen molar-refractivity contribution >= 4 is 50.7 Å². The van der Waals surface area contributed by atoms with Gasteiger partial charge in [-0.3, -0.25) is 9.59 Å². The van der Waals surface area contributed by atoms with Crippen LogP contribution in [-0.2, 0) is 14.8 Å². The number of nitrogens with two attached hydrogens (primary N) is 1. The van der Waals surface area contributed by atoms with Crippen molar-refractivity contribution in [2.75, 3.05) is 18.4 Å². The van der Waals surface area contributed by atoms with Crippen LogP contribution in [0.1, 0.15) is 17.3 Å². The molecular formula is C17H17Cl2N3O4S. The molecule has 0 saturated carbocycles. The highest BCUT2D eigenvalue weighted by atomic mass is 35.5. The van der Waals surface area contributed by atoms with E-state index in [-0.39, 0.29) is 21.5 Å². The zero-order chi connectivity index (χ0) is 20.2. The molecule has 0 aliphatic rings. The smallest absolute Gasteiger partial charge is 0.248 e. The lowest BCUT2D eigenvalue weighted by Crippen LogP contribution is -2.38. The van der Waals surface area contributed by atoms with Gasteiger partial charge in [-0.25, -0.2) is 8.42 Å². The summed E-state index contributed by atoms with van der Waals surface area (Å²) in [6.07, 6.45) is 0. The van der Waals surface area contributed by atoms with E-state index in [1.54, 1.807) is 6.92 Å². The first kappa shape index (κ1) is 21.2. The van der Waals surface area contributed by atoms with Crippen LogP contribution in [0.15, 0.2) is 47.4 Å². The number of nitrogens with one attached hydrogen (secondary N) is 1. The number of benzene rings is 2. The summed E-state index contributed by atoms with van der Waals surface area (Å²) in [7, 11) is -4.01. The molecule has 0 aliphatic heterocycles. The van der Waals surface area contributed by atoms with Crippen LogP contribution in [0.4, 0.5) is 5.69 Å². The number of anilines is 1. The van der Waals surface area contributed by atoms with E-state index in [9.17, 15) is 18.0 Å². The van der Waals surface area contributed by atoms with E-state index in [1.807, 2.05) is 0 Å². The van der Waals surface area contributed by atoms with Gasteiger partial charge < -0.3 is 11.1 Å². The summed E-state index contributed by atoms with van der Waals surface area (Å²) in [5, 5.41) is 2.80. The molecule has 2 amide bonds.